The third-order valence-electron chi connectivity index (χ3n) is 1.82. The molecule has 0 atom stereocenters. The average Bonchev–Trinajstić information content (AvgIpc) is 2.15. The first-order valence-electron chi connectivity index (χ1n) is 4.77. The second-order valence-corrected chi connectivity index (χ2v) is 4.17. The van der Waals surface area contributed by atoms with Crippen LogP contribution in [0.5, 0.6) is 5.75 Å². The Kier molecular flexibility index (Phi) is 3.97. The van der Waals surface area contributed by atoms with E-state index in [2.05, 4.69) is 13.8 Å². The average molecular weight is 227 g/mol. The zero-order chi connectivity index (χ0) is 11.4. The number of hydrogen-bond donors (Lipinski definition) is 2. The van der Waals surface area contributed by atoms with Crippen LogP contribution in [0.3, 0.4) is 0 Å². The first kappa shape index (κ1) is 11.9. The first-order chi connectivity index (χ1) is 7.00. The quantitative estimate of drug-likeness (QED) is 0.613. The number of amidine groups is 1. The molecule has 82 valence electrons. The van der Waals surface area contributed by atoms with Gasteiger partial charge in [0.05, 0.1) is 11.6 Å². The van der Waals surface area contributed by atoms with Crippen molar-refractivity contribution in [3.05, 3.63) is 28.8 Å². The van der Waals surface area contributed by atoms with Crippen molar-refractivity contribution in [2.75, 3.05) is 6.61 Å². The van der Waals surface area contributed by atoms with Gasteiger partial charge in [-0.2, -0.15) is 0 Å². The van der Waals surface area contributed by atoms with Gasteiger partial charge in [0.1, 0.15) is 11.6 Å². The lowest BCUT2D eigenvalue weighted by Crippen LogP contribution is -2.11. The summed E-state index contributed by atoms with van der Waals surface area (Å²) >= 11 is 5.98. The molecule has 0 radical (unpaired) electrons. The maximum Gasteiger partial charge on any atom is 0.137 e. The van der Waals surface area contributed by atoms with Crippen molar-refractivity contribution in [1.82, 2.24) is 0 Å². The smallest absolute Gasteiger partial charge is 0.137 e. The van der Waals surface area contributed by atoms with Gasteiger partial charge in [-0.1, -0.05) is 25.4 Å². The standard InChI is InChI=1S/C11H15ClN2O/c1-7(2)6-15-10-4-3-8(11(13)14)5-9(10)12/h3-5,7H,6H2,1-2H3,(H3,13,14). The van der Waals surface area contributed by atoms with Crippen molar-refractivity contribution >= 4 is 17.4 Å². The number of rotatable bonds is 4. The fraction of sp³-hybridized carbons (Fsp3) is 0.364. The summed E-state index contributed by atoms with van der Waals surface area (Å²) < 4.78 is 5.49. The molecule has 1 aromatic rings. The van der Waals surface area contributed by atoms with Crippen LogP contribution >= 0.6 is 11.6 Å². The Morgan fingerprint density at radius 2 is 2.20 bits per heavy atom. The van der Waals surface area contributed by atoms with Crippen LogP contribution in [0.4, 0.5) is 0 Å². The molecule has 0 saturated heterocycles. The molecule has 0 aliphatic rings. The lowest BCUT2D eigenvalue weighted by atomic mass is 10.2. The van der Waals surface area contributed by atoms with E-state index in [9.17, 15) is 0 Å². The molecular weight excluding hydrogens is 212 g/mol. The van der Waals surface area contributed by atoms with E-state index in [1.165, 1.54) is 0 Å². The number of nitrogen functional groups attached to an aromatic ring is 1. The second-order valence-electron chi connectivity index (χ2n) is 3.76. The molecule has 0 unspecified atom stereocenters. The van der Waals surface area contributed by atoms with Crippen LogP contribution in [0, 0.1) is 11.3 Å². The summed E-state index contributed by atoms with van der Waals surface area (Å²) in [4.78, 5) is 0. The Morgan fingerprint density at radius 3 is 2.67 bits per heavy atom. The van der Waals surface area contributed by atoms with Crippen LogP contribution in [0.15, 0.2) is 18.2 Å². The van der Waals surface area contributed by atoms with E-state index in [0.717, 1.165) is 0 Å². The molecule has 0 aliphatic heterocycles. The van der Waals surface area contributed by atoms with Gasteiger partial charge in [-0.25, -0.2) is 0 Å². The molecule has 0 amide bonds. The molecule has 0 spiro atoms. The van der Waals surface area contributed by atoms with Gasteiger partial charge in [0.2, 0.25) is 0 Å². The highest BCUT2D eigenvalue weighted by Crippen LogP contribution is 2.25. The van der Waals surface area contributed by atoms with E-state index in [0.29, 0.717) is 28.9 Å². The molecule has 4 heteroatoms. The van der Waals surface area contributed by atoms with Gasteiger partial charge in [0.15, 0.2) is 0 Å². The van der Waals surface area contributed by atoms with E-state index in [-0.39, 0.29) is 5.84 Å². The van der Waals surface area contributed by atoms with E-state index in [1.807, 2.05) is 0 Å². The molecular formula is C11H15ClN2O. The molecule has 0 saturated carbocycles. The van der Waals surface area contributed by atoms with Crippen molar-refractivity contribution in [3.63, 3.8) is 0 Å². The Hall–Kier alpha value is -1.22. The Bertz CT molecular complexity index is 364. The van der Waals surface area contributed by atoms with E-state index < -0.39 is 0 Å². The van der Waals surface area contributed by atoms with Crippen molar-refractivity contribution in [1.29, 1.82) is 5.41 Å². The molecule has 1 aromatic carbocycles. The summed E-state index contributed by atoms with van der Waals surface area (Å²) in [5.41, 5.74) is 5.95. The molecule has 0 aromatic heterocycles. The monoisotopic (exact) mass is 226 g/mol. The first-order valence-corrected chi connectivity index (χ1v) is 5.15. The van der Waals surface area contributed by atoms with Crippen LogP contribution in [0.2, 0.25) is 5.02 Å². The van der Waals surface area contributed by atoms with Crippen molar-refractivity contribution in [2.45, 2.75) is 13.8 Å². The maximum absolute atomic E-state index is 7.25. The van der Waals surface area contributed by atoms with Crippen LogP contribution in [-0.4, -0.2) is 12.4 Å². The second kappa shape index (κ2) is 5.03. The maximum atomic E-state index is 7.25. The van der Waals surface area contributed by atoms with Crippen molar-refractivity contribution in [2.24, 2.45) is 11.7 Å². The predicted octanol–water partition coefficient (Wildman–Crippen LogP) is 2.66. The fourth-order valence-corrected chi connectivity index (χ4v) is 1.28. The molecule has 0 aliphatic carbocycles. The van der Waals surface area contributed by atoms with E-state index >= 15 is 0 Å². The van der Waals surface area contributed by atoms with Crippen LogP contribution in [-0.2, 0) is 0 Å². The van der Waals surface area contributed by atoms with Crippen molar-refractivity contribution in [3.8, 4) is 5.75 Å². The van der Waals surface area contributed by atoms with E-state index in [4.69, 9.17) is 27.5 Å². The SMILES string of the molecule is CC(C)COc1ccc(C(=N)N)cc1Cl. The number of nitrogens with two attached hydrogens (primary N) is 1. The number of halogens is 1. The largest absolute Gasteiger partial charge is 0.492 e. The molecule has 0 heterocycles. The number of nitrogens with one attached hydrogen (secondary N) is 1. The molecule has 15 heavy (non-hydrogen) atoms. The molecule has 0 fully saturated rings. The Balaban J connectivity index is 2.79. The summed E-state index contributed by atoms with van der Waals surface area (Å²) in [6.07, 6.45) is 0. The third kappa shape index (κ3) is 3.44. The van der Waals surface area contributed by atoms with Gasteiger partial charge in [-0.15, -0.1) is 0 Å². The molecule has 3 N–H and O–H groups in total. The zero-order valence-electron chi connectivity index (χ0n) is 8.88. The fourth-order valence-electron chi connectivity index (χ4n) is 1.04. The van der Waals surface area contributed by atoms with E-state index in [1.54, 1.807) is 18.2 Å². The molecule has 3 nitrogen and oxygen atoms in total. The highest BCUT2D eigenvalue weighted by molar-refractivity contribution is 6.32. The molecule has 0 bridgehead atoms. The van der Waals surface area contributed by atoms with Gasteiger partial charge < -0.3 is 10.5 Å². The van der Waals surface area contributed by atoms with Crippen LogP contribution < -0.4 is 10.5 Å². The summed E-state index contributed by atoms with van der Waals surface area (Å²) in [5.74, 6) is 1.09. The van der Waals surface area contributed by atoms with Crippen LogP contribution in [0.25, 0.3) is 0 Å². The third-order valence-corrected chi connectivity index (χ3v) is 2.11. The number of hydrogen-bond acceptors (Lipinski definition) is 2. The summed E-state index contributed by atoms with van der Waals surface area (Å²) in [7, 11) is 0. The minimum Gasteiger partial charge on any atom is -0.492 e. The predicted molar refractivity (Wildman–Crippen MR) is 62.8 cm³/mol. The van der Waals surface area contributed by atoms with Gasteiger partial charge in [-0.05, 0) is 24.1 Å². The Morgan fingerprint density at radius 1 is 1.53 bits per heavy atom. The summed E-state index contributed by atoms with van der Waals surface area (Å²) in [6.45, 7) is 4.76. The molecule has 1 rings (SSSR count). The lowest BCUT2D eigenvalue weighted by molar-refractivity contribution is 0.271. The van der Waals surface area contributed by atoms with Crippen molar-refractivity contribution < 1.29 is 4.74 Å². The topological polar surface area (TPSA) is 59.1 Å². The van der Waals surface area contributed by atoms with Gasteiger partial charge >= 0.3 is 0 Å². The number of benzene rings is 1. The normalized spacial score (nSPS) is 10.4. The summed E-state index contributed by atoms with van der Waals surface area (Å²) in [6, 6.07) is 5.10. The highest BCUT2D eigenvalue weighted by atomic mass is 35.5. The minimum atomic E-state index is 0.00677. The van der Waals surface area contributed by atoms with Gasteiger partial charge in [-0.3, -0.25) is 5.41 Å². The number of ether oxygens (including phenoxy) is 1. The lowest BCUT2D eigenvalue weighted by Gasteiger charge is -2.10. The van der Waals surface area contributed by atoms with Gasteiger partial charge in [0.25, 0.3) is 0 Å². The minimum absolute atomic E-state index is 0.00677. The Labute approximate surface area is 94.7 Å². The summed E-state index contributed by atoms with van der Waals surface area (Å²) in [5, 5.41) is 7.74. The van der Waals surface area contributed by atoms with Crippen LogP contribution in [0.1, 0.15) is 19.4 Å². The van der Waals surface area contributed by atoms with Gasteiger partial charge in [0, 0.05) is 5.56 Å². The highest BCUT2D eigenvalue weighted by Gasteiger charge is 2.05. The zero-order valence-corrected chi connectivity index (χ0v) is 9.64.